The SMILES string of the molecule is Cc1cc(Cl)ccc1OCC(=O)N1CCCNCC1.Cl. The fourth-order valence-corrected chi connectivity index (χ4v) is 2.33. The summed E-state index contributed by atoms with van der Waals surface area (Å²) < 4.78 is 5.58. The van der Waals surface area contributed by atoms with Crippen LogP contribution in [0.15, 0.2) is 18.2 Å². The van der Waals surface area contributed by atoms with Crippen molar-refractivity contribution in [1.82, 2.24) is 10.2 Å². The van der Waals surface area contributed by atoms with E-state index in [1.165, 1.54) is 0 Å². The van der Waals surface area contributed by atoms with Crippen LogP contribution in [0.3, 0.4) is 0 Å². The minimum absolute atomic E-state index is 0. The van der Waals surface area contributed by atoms with E-state index in [2.05, 4.69) is 5.32 Å². The van der Waals surface area contributed by atoms with E-state index >= 15 is 0 Å². The molecule has 0 radical (unpaired) electrons. The molecular weight excluding hydrogens is 299 g/mol. The number of carbonyl (C=O) groups excluding carboxylic acids is 1. The zero-order valence-electron chi connectivity index (χ0n) is 11.5. The predicted molar refractivity (Wildman–Crippen MR) is 83.0 cm³/mol. The van der Waals surface area contributed by atoms with Crippen molar-refractivity contribution in [2.24, 2.45) is 0 Å². The lowest BCUT2D eigenvalue weighted by atomic mass is 10.2. The number of benzene rings is 1. The topological polar surface area (TPSA) is 41.6 Å². The molecule has 1 heterocycles. The number of ether oxygens (including phenoxy) is 1. The van der Waals surface area contributed by atoms with E-state index in [1.54, 1.807) is 12.1 Å². The molecule has 0 bridgehead atoms. The third-order valence-electron chi connectivity index (χ3n) is 3.18. The van der Waals surface area contributed by atoms with Gasteiger partial charge in [0.1, 0.15) is 5.75 Å². The Bertz CT molecular complexity index is 447. The molecule has 1 amide bonds. The monoisotopic (exact) mass is 318 g/mol. The number of aryl methyl sites for hydroxylation is 1. The summed E-state index contributed by atoms with van der Waals surface area (Å²) in [6.45, 7) is 5.38. The van der Waals surface area contributed by atoms with Crippen LogP contribution in [-0.2, 0) is 4.79 Å². The fraction of sp³-hybridized carbons (Fsp3) is 0.500. The molecule has 0 aromatic heterocycles. The molecular formula is C14H20Cl2N2O2. The number of hydrogen-bond acceptors (Lipinski definition) is 3. The summed E-state index contributed by atoms with van der Waals surface area (Å²) in [4.78, 5) is 13.9. The Labute approximate surface area is 130 Å². The first kappa shape index (κ1) is 17.1. The van der Waals surface area contributed by atoms with Gasteiger partial charge in [-0.25, -0.2) is 0 Å². The van der Waals surface area contributed by atoms with Gasteiger partial charge < -0.3 is 15.0 Å². The van der Waals surface area contributed by atoms with Gasteiger partial charge in [0.05, 0.1) is 0 Å². The molecule has 1 aromatic carbocycles. The van der Waals surface area contributed by atoms with Crippen LogP contribution in [0.4, 0.5) is 0 Å². The number of rotatable bonds is 3. The van der Waals surface area contributed by atoms with E-state index < -0.39 is 0 Å². The minimum Gasteiger partial charge on any atom is -0.483 e. The number of nitrogens with one attached hydrogen (secondary N) is 1. The molecule has 1 N–H and O–H groups in total. The van der Waals surface area contributed by atoms with Crippen LogP contribution in [0.1, 0.15) is 12.0 Å². The summed E-state index contributed by atoms with van der Waals surface area (Å²) in [6.07, 6.45) is 0.992. The van der Waals surface area contributed by atoms with Crippen LogP contribution in [0.2, 0.25) is 5.02 Å². The van der Waals surface area contributed by atoms with Gasteiger partial charge in [-0.3, -0.25) is 4.79 Å². The van der Waals surface area contributed by atoms with Crippen LogP contribution >= 0.6 is 24.0 Å². The Morgan fingerprint density at radius 2 is 2.20 bits per heavy atom. The molecule has 20 heavy (non-hydrogen) atoms. The number of hydrogen-bond donors (Lipinski definition) is 1. The molecule has 0 saturated carbocycles. The lowest BCUT2D eigenvalue weighted by Crippen LogP contribution is -2.37. The third kappa shape index (κ3) is 4.85. The maximum atomic E-state index is 12.0. The third-order valence-corrected chi connectivity index (χ3v) is 3.42. The number of amides is 1. The Hall–Kier alpha value is -0.970. The molecule has 0 unspecified atom stereocenters. The van der Waals surface area contributed by atoms with E-state index in [4.69, 9.17) is 16.3 Å². The zero-order valence-corrected chi connectivity index (χ0v) is 13.1. The van der Waals surface area contributed by atoms with E-state index in [0.29, 0.717) is 10.8 Å². The number of nitrogens with zero attached hydrogens (tertiary/aromatic N) is 1. The highest BCUT2D eigenvalue weighted by atomic mass is 35.5. The van der Waals surface area contributed by atoms with Crippen LogP contribution in [0.25, 0.3) is 0 Å². The Kier molecular flexibility index (Phi) is 7.13. The lowest BCUT2D eigenvalue weighted by molar-refractivity contribution is -0.133. The summed E-state index contributed by atoms with van der Waals surface area (Å²) in [6, 6.07) is 5.40. The maximum Gasteiger partial charge on any atom is 0.260 e. The Morgan fingerprint density at radius 1 is 1.40 bits per heavy atom. The van der Waals surface area contributed by atoms with Gasteiger partial charge >= 0.3 is 0 Å². The van der Waals surface area contributed by atoms with Gasteiger partial charge in [0.2, 0.25) is 0 Å². The molecule has 0 aliphatic carbocycles. The fourth-order valence-electron chi connectivity index (χ4n) is 2.10. The molecule has 0 atom stereocenters. The second-order valence-corrected chi connectivity index (χ2v) is 5.12. The minimum atomic E-state index is 0. The van der Waals surface area contributed by atoms with Crippen molar-refractivity contribution in [3.05, 3.63) is 28.8 Å². The summed E-state index contributed by atoms with van der Waals surface area (Å²) in [7, 11) is 0. The second kappa shape index (κ2) is 8.35. The second-order valence-electron chi connectivity index (χ2n) is 4.68. The highest BCUT2D eigenvalue weighted by molar-refractivity contribution is 6.30. The van der Waals surface area contributed by atoms with Gasteiger partial charge in [0.15, 0.2) is 6.61 Å². The lowest BCUT2D eigenvalue weighted by Gasteiger charge is -2.20. The maximum absolute atomic E-state index is 12.0. The Balaban J connectivity index is 0.00000200. The first-order chi connectivity index (χ1) is 9.16. The van der Waals surface area contributed by atoms with Gasteiger partial charge in [-0.2, -0.15) is 0 Å². The standard InChI is InChI=1S/C14H19ClN2O2.ClH/c1-11-9-12(15)3-4-13(11)19-10-14(18)17-7-2-5-16-6-8-17;/h3-4,9,16H,2,5-8,10H2,1H3;1H. The van der Waals surface area contributed by atoms with Crippen LogP contribution < -0.4 is 10.1 Å². The Morgan fingerprint density at radius 3 is 2.95 bits per heavy atom. The summed E-state index contributed by atoms with van der Waals surface area (Å²) in [5, 5.41) is 3.95. The molecule has 6 heteroatoms. The molecule has 112 valence electrons. The number of carbonyl (C=O) groups is 1. The van der Waals surface area contributed by atoms with Crippen molar-refractivity contribution in [2.75, 3.05) is 32.8 Å². The highest BCUT2D eigenvalue weighted by Gasteiger charge is 2.15. The van der Waals surface area contributed by atoms with E-state index in [-0.39, 0.29) is 24.9 Å². The molecule has 1 fully saturated rings. The largest absolute Gasteiger partial charge is 0.483 e. The van der Waals surface area contributed by atoms with Gasteiger partial charge in [0.25, 0.3) is 5.91 Å². The van der Waals surface area contributed by atoms with E-state index in [1.807, 2.05) is 17.9 Å². The zero-order chi connectivity index (χ0) is 13.7. The molecule has 1 aliphatic heterocycles. The first-order valence-corrected chi connectivity index (χ1v) is 6.92. The molecule has 0 spiro atoms. The van der Waals surface area contributed by atoms with Crippen LogP contribution in [-0.4, -0.2) is 43.6 Å². The molecule has 2 rings (SSSR count). The quantitative estimate of drug-likeness (QED) is 0.929. The molecule has 1 aromatic rings. The summed E-state index contributed by atoms with van der Waals surface area (Å²) in [5.41, 5.74) is 0.942. The normalized spacial score (nSPS) is 15.2. The highest BCUT2D eigenvalue weighted by Crippen LogP contribution is 2.21. The van der Waals surface area contributed by atoms with Gasteiger partial charge in [-0.1, -0.05) is 11.6 Å². The molecule has 1 saturated heterocycles. The predicted octanol–water partition coefficient (Wildman–Crippen LogP) is 2.27. The van der Waals surface area contributed by atoms with Crippen molar-refractivity contribution in [2.45, 2.75) is 13.3 Å². The van der Waals surface area contributed by atoms with Crippen molar-refractivity contribution in [3.63, 3.8) is 0 Å². The number of halogens is 2. The van der Waals surface area contributed by atoms with E-state index in [9.17, 15) is 4.79 Å². The van der Waals surface area contributed by atoms with Gasteiger partial charge in [-0.05, 0) is 43.7 Å². The van der Waals surface area contributed by atoms with Crippen LogP contribution in [0.5, 0.6) is 5.75 Å². The smallest absolute Gasteiger partial charge is 0.260 e. The van der Waals surface area contributed by atoms with Crippen molar-refractivity contribution in [1.29, 1.82) is 0 Å². The van der Waals surface area contributed by atoms with Crippen molar-refractivity contribution in [3.8, 4) is 5.75 Å². The van der Waals surface area contributed by atoms with E-state index in [0.717, 1.165) is 38.2 Å². The average Bonchev–Trinajstić information content (AvgIpc) is 2.66. The summed E-state index contributed by atoms with van der Waals surface area (Å²) >= 11 is 5.88. The van der Waals surface area contributed by atoms with Crippen molar-refractivity contribution < 1.29 is 9.53 Å². The molecule has 4 nitrogen and oxygen atoms in total. The van der Waals surface area contributed by atoms with Gasteiger partial charge in [-0.15, -0.1) is 12.4 Å². The first-order valence-electron chi connectivity index (χ1n) is 6.54. The average molecular weight is 319 g/mol. The summed E-state index contributed by atoms with van der Waals surface area (Å²) in [5.74, 6) is 0.753. The molecule has 1 aliphatic rings. The van der Waals surface area contributed by atoms with Gasteiger partial charge in [0, 0.05) is 24.7 Å². The van der Waals surface area contributed by atoms with Crippen molar-refractivity contribution >= 4 is 29.9 Å². The van der Waals surface area contributed by atoms with Crippen LogP contribution in [0, 0.1) is 6.92 Å².